The Kier molecular flexibility index (Phi) is 5.89. The summed E-state index contributed by atoms with van der Waals surface area (Å²) in [4.78, 5) is 0. The lowest BCUT2D eigenvalue weighted by molar-refractivity contribution is 0.239. The van der Waals surface area contributed by atoms with Crippen molar-refractivity contribution in [3.63, 3.8) is 0 Å². The lowest BCUT2D eigenvalue weighted by Gasteiger charge is -2.12. The van der Waals surface area contributed by atoms with Crippen molar-refractivity contribution in [1.29, 1.82) is 0 Å². The second-order valence-electron chi connectivity index (χ2n) is 13.3. The lowest BCUT2D eigenvalue weighted by Crippen LogP contribution is -2.02. The zero-order valence-electron chi connectivity index (χ0n) is 26.4. The fourth-order valence-electron chi connectivity index (χ4n) is 7.73. The molecule has 0 bridgehead atoms. The molecule has 0 aliphatic carbocycles. The molecule has 1 nitrogen and oxygen atoms in total. The van der Waals surface area contributed by atoms with Crippen molar-refractivity contribution in [2.75, 3.05) is 0 Å². The number of fused-ring (bicyclic) bond motifs is 9. The Bertz CT molecular complexity index is 2920. The molecule has 0 fully saturated rings. The van der Waals surface area contributed by atoms with Crippen LogP contribution < -0.4 is 4.74 Å². The topological polar surface area (TPSA) is 9.23 Å². The minimum Gasteiger partial charge on any atom is -0.485 e. The van der Waals surface area contributed by atoms with Crippen LogP contribution in [-0.4, -0.2) is 0 Å². The van der Waals surface area contributed by atoms with E-state index < -0.39 is 0 Å². The average Bonchev–Trinajstić information content (AvgIpc) is 3.84. The summed E-state index contributed by atoms with van der Waals surface area (Å²) >= 11 is 3.86. The quantitative estimate of drug-likeness (QED) is 0.183. The molecule has 0 saturated carbocycles. The summed E-state index contributed by atoms with van der Waals surface area (Å²) in [6.07, 6.45) is 1.02. The first-order valence-corrected chi connectivity index (χ1v) is 18.4. The van der Waals surface area contributed by atoms with E-state index in [2.05, 4.69) is 146 Å². The van der Waals surface area contributed by atoms with E-state index in [0.717, 1.165) is 12.2 Å². The fraction of sp³-hybridized carbons (Fsp3) is 0.0435. The van der Waals surface area contributed by atoms with Gasteiger partial charge in [-0.1, -0.05) is 103 Å². The average molecular weight is 661 g/mol. The third-order valence-corrected chi connectivity index (χ3v) is 12.8. The van der Waals surface area contributed by atoms with Crippen LogP contribution in [0.3, 0.4) is 0 Å². The number of hydrogen-bond donors (Lipinski definition) is 0. The summed E-state index contributed by atoms with van der Waals surface area (Å²) < 4.78 is 11.8. The highest BCUT2D eigenvalue weighted by Gasteiger charge is 2.23. The van der Waals surface area contributed by atoms with Gasteiger partial charge < -0.3 is 4.74 Å². The Balaban J connectivity index is 0.913. The van der Waals surface area contributed by atoms with Crippen LogP contribution in [0.25, 0.3) is 84.1 Å². The normalized spacial score (nSPS) is 14.4. The molecule has 230 valence electrons. The molecule has 1 aliphatic rings. The molecule has 0 N–H and O–H groups in total. The Labute approximate surface area is 291 Å². The zero-order valence-corrected chi connectivity index (χ0v) is 28.1. The van der Waals surface area contributed by atoms with Gasteiger partial charge in [0.15, 0.2) is 0 Å². The smallest absolute Gasteiger partial charge is 0.128 e. The number of rotatable bonds is 3. The Morgan fingerprint density at radius 2 is 0.918 bits per heavy atom. The molecule has 2 aromatic heterocycles. The molecule has 0 radical (unpaired) electrons. The van der Waals surface area contributed by atoms with Gasteiger partial charge in [0.05, 0.1) is 9.40 Å². The largest absolute Gasteiger partial charge is 0.485 e. The molecule has 11 rings (SSSR count). The molecule has 10 aromatic rings. The second-order valence-corrected chi connectivity index (χ2v) is 15.4. The molecule has 1 atom stereocenters. The minimum atomic E-state index is 0.0885. The zero-order chi connectivity index (χ0) is 32.1. The lowest BCUT2D eigenvalue weighted by atomic mass is 9.95. The van der Waals surface area contributed by atoms with Crippen molar-refractivity contribution in [2.24, 2.45) is 0 Å². The Hall–Kier alpha value is -5.48. The molecule has 1 unspecified atom stereocenters. The highest BCUT2D eigenvalue weighted by molar-refractivity contribution is 7.36. The molecular weight excluding hydrogens is 633 g/mol. The molecular formula is C46H28OS2. The molecule has 3 heteroatoms. The van der Waals surface area contributed by atoms with Gasteiger partial charge in [0.1, 0.15) is 11.9 Å². The third-order valence-electron chi connectivity index (χ3n) is 10.3. The van der Waals surface area contributed by atoms with E-state index in [0.29, 0.717) is 0 Å². The van der Waals surface area contributed by atoms with E-state index in [1.807, 2.05) is 28.7 Å². The summed E-state index contributed by atoms with van der Waals surface area (Å²) in [5.41, 5.74) is 7.46. The van der Waals surface area contributed by atoms with Crippen LogP contribution in [0.4, 0.5) is 0 Å². The number of ether oxygens (including phenoxy) is 1. The van der Waals surface area contributed by atoms with E-state index in [-0.39, 0.29) is 6.10 Å². The van der Waals surface area contributed by atoms with Crippen LogP contribution in [0.15, 0.2) is 152 Å². The van der Waals surface area contributed by atoms with Gasteiger partial charge in [-0.3, -0.25) is 0 Å². The molecule has 3 heterocycles. The molecule has 0 spiro atoms. The van der Waals surface area contributed by atoms with Gasteiger partial charge in [-0.05, 0) is 114 Å². The molecule has 0 saturated heterocycles. The van der Waals surface area contributed by atoms with Crippen molar-refractivity contribution in [3.05, 3.63) is 163 Å². The fourth-order valence-corrected chi connectivity index (χ4v) is 10.4. The summed E-state index contributed by atoms with van der Waals surface area (Å²) in [6.45, 7) is 0. The highest BCUT2D eigenvalue weighted by Crippen LogP contribution is 2.46. The molecule has 1 aliphatic heterocycles. The Morgan fingerprint density at radius 3 is 1.57 bits per heavy atom. The SMILES string of the molecule is c1ccc2c(c1)CC(c1ccc(-c3ccc4cc(-c5ccc6cc7sc8c9cc%10ccccc%10cc9sc8c7cc6c5)ccc4c3)cc1)O2. The van der Waals surface area contributed by atoms with Crippen molar-refractivity contribution in [2.45, 2.75) is 12.5 Å². The van der Waals surface area contributed by atoms with Crippen LogP contribution >= 0.6 is 22.7 Å². The summed E-state index contributed by atoms with van der Waals surface area (Å²) in [7, 11) is 0. The minimum absolute atomic E-state index is 0.0885. The van der Waals surface area contributed by atoms with E-state index in [1.165, 1.54) is 95.3 Å². The van der Waals surface area contributed by atoms with Crippen molar-refractivity contribution in [3.8, 4) is 28.0 Å². The van der Waals surface area contributed by atoms with Gasteiger partial charge in [0.2, 0.25) is 0 Å². The van der Waals surface area contributed by atoms with Gasteiger partial charge in [0.25, 0.3) is 0 Å². The monoisotopic (exact) mass is 660 g/mol. The summed E-state index contributed by atoms with van der Waals surface area (Å²) in [5, 5.41) is 10.5. The standard InChI is InChI=1S/C46H28OS2/c1-2-6-30-25-43-39(22-29(30)5-1)45-46(48-43)40-23-38-21-35(17-18-36(38)26-44(40)49-45)34-16-15-32-19-31(13-14-33(32)20-34)27-9-11-28(12-10-27)42-24-37-7-3-4-8-41(37)47-42/h1-23,25-26,42H,24H2. The molecule has 49 heavy (non-hydrogen) atoms. The van der Waals surface area contributed by atoms with Crippen molar-refractivity contribution >= 4 is 84.6 Å². The van der Waals surface area contributed by atoms with Crippen molar-refractivity contribution in [1.82, 2.24) is 0 Å². The van der Waals surface area contributed by atoms with E-state index in [9.17, 15) is 0 Å². The first-order valence-electron chi connectivity index (χ1n) is 16.8. The molecule has 0 amide bonds. The Morgan fingerprint density at radius 1 is 0.429 bits per heavy atom. The first-order chi connectivity index (χ1) is 24.2. The maximum atomic E-state index is 6.22. The van der Waals surface area contributed by atoms with Gasteiger partial charge >= 0.3 is 0 Å². The van der Waals surface area contributed by atoms with E-state index in [4.69, 9.17) is 4.74 Å². The van der Waals surface area contributed by atoms with Crippen molar-refractivity contribution < 1.29 is 4.74 Å². The van der Waals surface area contributed by atoms with Gasteiger partial charge in [-0.25, -0.2) is 0 Å². The van der Waals surface area contributed by atoms with E-state index >= 15 is 0 Å². The molecule has 8 aromatic carbocycles. The van der Waals surface area contributed by atoms with Crippen LogP contribution in [0.2, 0.25) is 0 Å². The predicted octanol–water partition coefficient (Wildman–Crippen LogP) is 13.7. The first kappa shape index (κ1) is 27.5. The maximum Gasteiger partial charge on any atom is 0.128 e. The summed E-state index contributed by atoms with van der Waals surface area (Å²) in [6, 6.07) is 56.1. The predicted molar refractivity (Wildman–Crippen MR) is 212 cm³/mol. The number of thiophene rings is 2. The van der Waals surface area contributed by atoms with Crippen LogP contribution in [0.5, 0.6) is 5.75 Å². The van der Waals surface area contributed by atoms with Crippen LogP contribution in [0.1, 0.15) is 17.2 Å². The van der Waals surface area contributed by atoms with Crippen LogP contribution in [0, 0.1) is 0 Å². The van der Waals surface area contributed by atoms with Crippen LogP contribution in [-0.2, 0) is 6.42 Å². The van der Waals surface area contributed by atoms with Gasteiger partial charge in [-0.15, -0.1) is 22.7 Å². The second kappa shape index (κ2) is 10.5. The number of benzene rings is 8. The highest BCUT2D eigenvalue weighted by atomic mass is 32.1. The third kappa shape index (κ3) is 4.43. The maximum absolute atomic E-state index is 6.22. The van der Waals surface area contributed by atoms with E-state index in [1.54, 1.807) is 0 Å². The number of para-hydroxylation sites is 1. The van der Waals surface area contributed by atoms with Gasteiger partial charge in [-0.2, -0.15) is 0 Å². The van der Waals surface area contributed by atoms with Gasteiger partial charge in [0, 0.05) is 26.6 Å². The number of hydrogen-bond acceptors (Lipinski definition) is 3. The summed E-state index contributed by atoms with van der Waals surface area (Å²) in [5.74, 6) is 1.01.